The predicted octanol–water partition coefficient (Wildman–Crippen LogP) is 1.50. The van der Waals surface area contributed by atoms with Crippen LogP contribution < -0.4 is 21.7 Å². The number of aromatic hydroxyl groups is 1. The van der Waals surface area contributed by atoms with Crippen LogP contribution >= 0.6 is 12.6 Å². The molecule has 0 aliphatic heterocycles. The second-order valence-electron chi connectivity index (χ2n) is 10.0. The van der Waals surface area contributed by atoms with Gasteiger partial charge in [0, 0.05) is 35.7 Å². The number of amides is 3. The first-order valence-electron chi connectivity index (χ1n) is 13.4. The number of hydrogen-bond donors (Lipinski definition) is 8. The number of para-hydroxylation sites is 1. The fraction of sp³-hybridized carbons (Fsp3) is 0.379. The third-order valence-electron chi connectivity index (χ3n) is 7.10. The highest BCUT2D eigenvalue weighted by molar-refractivity contribution is 7.80. The van der Waals surface area contributed by atoms with Gasteiger partial charge in [-0.25, -0.2) is 4.79 Å². The number of hydrogen-bond acceptors (Lipinski definition) is 7. The van der Waals surface area contributed by atoms with Crippen LogP contribution in [0.25, 0.3) is 10.9 Å². The van der Waals surface area contributed by atoms with E-state index in [9.17, 15) is 29.4 Å². The largest absolute Gasteiger partial charge is 0.508 e. The molecular weight excluding hydrogens is 546 g/mol. The SMILES string of the molecule is CCC(C)C(N)C(=O)NC(CS)C(=O)NC(Cc1c[nH]c2ccccc12)C(=O)NC(Cc1ccc(O)cc1)C(=O)O. The van der Waals surface area contributed by atoms with Gasteiger partial charge in [-0.1, -0.05) is 50.6 Å². The molecular formula is C29H37N5O6S. The number of phenols is 1. The smallest absolute Gasteiger partial charge is 0.326 e. The van der Waals surface area contributed by atoms with E-state index in [2.05, 4.69) is 33.6 Å². The van der Waals surface area contributed by atoms with Crippen molar-refractivity contribution in [1.29, 1.82) is 0 Å². The lowest BCUT2D eigenvalue weighted by Gasteiger charge is -2.25. The van der Waals surface area contributed by atoms with E-state index in [-0.39, 0.29) is 30.3 Å². The summed E-state index contributed by atoms with van der Waals surface area (Å²) in [6.07, 6.45) is 2.41. The minimum absolute atomic E-state index is 0.0297. The molecule has 2 aromatic carbocycles. The summed E-state index contributed by atoms with van der Waals surface area (Å²) in [6, 6.07) is 9.05. The molecule has 3 rings (SSSR count). The Morgan fingerprint density at radius 1 is 0.902 bits per heavy atom. The van der Waals surface area contributed by atoms with Gasteiger partial charge < -0.3 is 36.9 Å². The average Bonchev–Trinajstić information content (AvgIpc) is 3.37. The van der Waals surface area contributed by atoms with Crippen LogP contribution in [0.1, 0.15) is 31.4 Å². The molecule has 41 heavy (non-hydrogen) atoms. The maximum Gasteiger partial charge on any atom is 0.326 e. The fourth-order valence-electron chi connectivity index (χ4n) is 4.32. The summed E-state index contributed by atoms with van der Waals surface area (Å²) in [5.74, 6) is -3.27. The number of phenolic OH excluding ortho intramolecular Hbond substituents is 1. The Labute approximate surface area is 243 Å². The van der Waals surface area contributed by atoms with E-state index < -0.39 is 47.9 Å². The maximum absolute atomic E-state index is 13.5. The summed E-state index contributed by atoms with van der Waals surface area (Å²) in [5.41, 5.74) is 8.17. The summed E-state index contributed by atoms with van der Waals surface area (Å²) in [4.78, 5) is 54.6. The molecule has 5 atom stereocenters. The van der Waals surface area contributed by atoms with Crippen LogP contribution in [-0.2, 0) is 32.0 Å². The number of carboxylic acid groups (broad SMARTS) is 1. The monoisotopic (exact) mass is 583 g/mol. The molecule has 0 bridgehead atoms. The number of carbonyl (C=O) groups is 4. The Balaban J connectivity index is 1.82. The number of nitrogens with two attached hydrogens (primary N) is 1. The molecule has 1 heterocycles. The molecule has 11 nitrogen and oxygen atoms in total. The van der Waals surface area contributed by atoms with Crippen molar-refractivity contribution in [3.05, 3.63) is 65.9 Å². The minimum atomic E-state index is -1.30. The zero-order chi connectivity index (χ0) is 30.1. The zero-order valence-corrected chi connectivity index (χ0v) is 23.9. The number of thiol groups is 1. The maximum atomic E-state index is 13.5. The summed E-state index contributed by atoms with van der Waals surface area (Å²) in [5, 5.41) is 28.0. The molecule has 0 aliphatic rings. The molecule has 0 spiro atoms. The lowest BCUT2D eigenvalue weighted by atomic mass is 9.99. The van der Waals surface area contributed by atoms with Crippen molar-refractivity contribution in [3.63, 3.8) is 0 Å². The summed E-state index contributed by atoms with van der Waals surface area (Å²) in [7, 11) is 0. The lowest BCUT2D eigenvalue weighted by molar-refractivity contribution is -0.142. The summed E-state index contributed by atoms with van der Waals surface area (Å²) in [6.45, 7) is 3.74. The number of nitrogens with one attached hydrogen (secondary N) is 4. The van der Waals surface area contributed by atoms with Gasteiger partial charge in [0.1, 0.15) is 23.9 Å². The highest BCUT2D eigenvalue weighted by atomic mass is 32.1. The molecule has 1 aromatic heterocycles. The van der Waals surface area contributed by atoms with Crippen LogP contribution in [0.3, 0.4) is 0 Å². The van der Waals surface area contributed by atoms with Gasteiger partial charge in [0.25, 0.3) is 0 Å². The Bertz CT molecular complexity index is 1360. The van der Waals surface area contributed by atoms with Gasteiger partial charge in [0.2, 0.25) is 17.7 Å². The molecule has 0 radical (unpaired) electrons. The van der Waals surface area contributed by atoms with E-state index in [4.69, 9.17) is 5.73 Å². The van der Waals surface area contributed by atoms with Crippen LogP contribution in [0.5, 0.6) is 5.75 Å². The molecule has 220 valence electrons. The molecule has 3 amide bonds. The Morgan fingerprint density at radius 2 is 1.51 bits per heavy atom. The van der Waals surface area contributed by atoms with Crippen molar-refractivity contribution < 1.29 is 29.4 Å². The van der Waals surface area contributed by atoms with Gasteiger partial charge in [-0.15, -0.1) is 0 Å². The average molecular weight is 584 g/mol. The van der Waals surface area contributed by atoms with Crippen LogP contribution in [0.15, 0.2) is 54.7 Å². The highest BCUT2D eigenvalue weighted by Gasteiger charge is 2.31. The standard InChI is InChI=1S/C29H37N5O6S/c1-3-16(2)25(30)28(38)34-24(15-41)27(37)32-22(13-18-14-31-21-7-5-4-6-20(18)21)26(36)33-23(29(39)40)12-17-8-10-19(35)11-9-17/h4-11,14,16,22-25,31,35,41H,3,12-13,15,30H2,1-2H3,(H,32,37)(H,33,36)(H,34,38)(H,39,40). The normalized spacial score (nSPS) is 14.8. The molecule has 8 N–H and O–H groups in total. The molecule has 0 saturated heterocycles. The Hall–Kier alpha value is -4.03. The van der Waals surface area contributed by atoms with Crippen molar-refractivity contribution in [2.24, 2.45) is 11.7 Å². The quantitative estimate of drug-likeness (QED) is 0.132. The number of rotatable bonds is 14. The first-order chi connectivity index (χ1) is 19.5. The van der Waals surface area contributed by atoms with Crippen molar-refractivity contribution in [2.45, 2.75) is 57.3 Å². The second kappa shape index (κ2) is 14.6. The van der Waals surface area contributed by atoms with Crippen LogP contribution in [0, 0.1) is 5.92 Å². The number of aromatic amines is 1. The van der Waals surface area contributed by atoms with Gasteiger partial charge in [-0.3, -0.25) is 14.4 Å². The Kier molecular flexibility index (Phi) is 11.2. The van der Waals surface area contributed by atoms with Crippen molar-refractivity contribution in [1.82, 2.24) is 20.9 Å². The summed E-state index contributed by atoms with van der Waals surface area (Å²) < 4.78 is 0. The van der Waals surface area contributed by atoms with E-state index >= 15 is 0 Å². The number of fused-ring (bicyclic) bond motifs is 1. The van der Waals surface area contributed by atoms with Crippen LogP contribution in [-0.4, -0.2) is 68.8 Å². The van der Waals surface area contributed by atoms with Crippen LogP contribution in [0.4, 0.5) is 0 Å². The van der Waals surface area contributed by atoms with E-state index in [1.54, 1.807) is 18.3 Å². The number of aliphatic carboxylic acids is 1. The van der Waals surface area contributed by atoms with Gasteiger partial charge in [-0.2, -0.15) is 12.6 Å². The topological polar surface area (TPSA) is 187 Å². The first kappa shape index (κ1) is 31.5. The Morgan fingerprint density at radius 3 is 2.15 bits per heavy atom. The second-order valence-corrected chi connectivity index (χ2v) is 10.4. The fourth-order valence-corrected chi connectivity index (χ4v) is 4.57. The number of carbonyl (C=O) groups excluding carboxylic acids is 3. The molecule has 0 aliphatic carbocycles. The highest BCUT2D eigenvalue weighted by Crippen LogP contribution is 2.20. The number of carboxylic acids is 1. The number of aromatic nitrogens is 1. The molecule has 5 unspecified atom stereocenters. The molecule has 12 heteroatoms. The number of benzene rings is 2. The summed E-state index contributed by atoms with van der Waals surface area (Å²) >= 11 is 4.21. The lowest BCUT2D eigenvalue weighted by Crippen LogP contribution is -2.58. The minimum Gasteiger partial charge on any atom is -0.508 e. The third-order valence-corrected chi connectivity index (χ3v) is 7.46. The predicted molar refractivity (Wildman–Crippen MR) is 159 cm³/mol. The first-order valence-corrected chi connectivity index (χ1v) is 14.0. The van der Waals surface area contributed by atoms with E-state index in [1.807, 2.05) is 38.1 Å². The van der Waals surface area contributed by atoms with Gasteiger partial charge in [-0.05, 0) is 35.2 Å². The van der Waals surface area contributed by atoms with Crippen molar-refractivity contribution in [3.8, 4) is 5.75 Å². The van der Waals surface area contributed by atoms with Crippen molar-refractivity contribution >= 4 is 47.2 Å². The van der Waals surface area contributed by atoms with Gasteiger partial charge >= 0.3 is 5.97 Å². The van der Waals surface area contributed by atoms with Gasteiger partial charge in [0.15, 0.2) is 0 Å². The van der Waals surface area contributed by atoms with Crippen molar-refractivity contribution in [2.75, 3.05) is 5.75 Å². The molecule has 3 aromatic rings. The zero-order valence-electron chi connectivity index (χ0n) is 23.0. The van der Waals surface area contributed by atoms with E-state index in [0.717, 1.165) is 16.5 Å². The van der Waals surface area contributed by atoms with Gasteiger partial charge in [0.05, 0.1) is 6.04 Å². The van der Waals surface area contributed by atoms with Crippen LogP contribution in [0.2, 0.25) is 0 Å². The number of H-pyrrole nitrogens is 1. The molecule has 0 saturated carbocycles. The van der Waals surface area contributed by atoms with E-state index in [0.29, 0.717) is 12.0 Å². The third kappa shape index (κ3) is 8.48. The molecule has 0 fully saturated rings. The van der Waals surface area contributed by atoms with E-state index in [1.165, 1.54) is 12.1 Å².